The largest absolute Gasteiger partial charge is 0.497 e. The van der Waals surface area contributed by atoms with E-state index in [0.717, 1.165) is 22.4 Å². The molecule has 0 spiro atoms. The van der Waals surface area contributed by atoms with Gasteiger partial charge in [0.25, 0.3) is 0 Å². The number of carboxylic acid groups (broad SMARTS) is 1. The third kappa shape index (κ3) is 4.07. The molecule has 23 heavy (non-hydrogen) atoms. The van der Waals surface area contributed by atoms with Gasteiger partial charge in [-0.15, -0.1) is 0 Å². The van der Waals surface area contributed by atoms with Crippen LogP contribution in [0, 0.1) is 6.92 Å². The maximum atomic E-state index is 11.4. The monoisotopic (exact) mass is 309 g/mol. The lowest BCUT2D eigenvalue weighted by Gasteiger charge is -2.08. The number of rotatable bonds is 5. The first-order valence-electron chi connectivity index (χ1n) is 7.21. The quantitative estimate of drug-likeness (QED) is 0.672. The summed E-state index contributed by atoms with van der Waals surface area (Å²) < 4.78 is 5.12. The predicted molar refractivity (Wildman–Crippen MR) is 92.0 cm³/mol. The molecule has 2 rings (SSSR count). The number of carbonyl (C=O) groups is 1. The second-order valence-electron chi connectivity index (χ2n) is 5.13. The van der Waals surface area contributed by atoms with Crippen LogP contribution in [0.2, 0.25) is 0 Å². The summed E-state index contributed by atoms with van der Waals surface area (Å²) in [5, 5.41) is 9.32. The van der Waals surface area contributed by atoms with E-state index in [1.54, 1.807) is 20.2 Å². The van der Waals surface area contributed by atoms with Crippen molar-refractivity contribution in [3.63, 3.8) is 0 Å². The Morgan fingerprint density at radius 2 is 1.78 bits per heavy atom. The van der Waals surface area contributed by atoms with Gasteiger partial charge in [-0.05, 0) is 49.2 Å². The molecule has 0 aliphatic carbocycles. The normalized spacial score (nSPS) is 12.1. The molecule has 0 bridgehead atoms. The van der Waals surface area contributed by atoms with Crippen LogP contribution in [0.5, 0.6) is 5.75 Å². The second-order valence-corrected chi connectivity index (χ2v) is 5.13. The average molecular weight is 309 g/mol. The van der Waals surface area contributed by atoms with E-state index < -0.39 is 5.97 Å². The van der Waals surface area contributed by atoms with Crippen LogP contribution < -0.4 is 4.74 Å². The maximum absolute atomic E-state index is 11.4. The average Bonchev–Trinajstić information content (AvgIpc) is 2.56. The Kier molecular flexibility index (Phi) is 5.31. The molecule has 0 aromatic heterocycles. The van der Waals surface area contributed by atoms with E-state index in [4.69, 9.17) is 4.74 Å². The van der Waals surface area contributed by atoms with E-state index in [1.807, 2.05) is 55.5 Å². The summed E-state index contributed by atoms with van der Waals surface area (Å²) in [4.78, 5) is 15.8. The van der Waals surface area contributed by atoms with E-state index in [1.165, 1.54) is 0 Å². The zero-order valence-corrected chi connectivity index (χ0v) is 13.4. The van der Waals surface area contributed by atoms with Gasteiger partial charge in [0, 0.05) is 11.8 Å². The molecule has 0 radical (unpaired) electrons. The molecule has 2 aromatic carbocycles. The SMILES string of the molecule is COc1ccc(C=NC(=C(C)C(=O)O)c2ccccc2C)cc1. The number of aliphatic imine (C=N–C) groups is 1. The number of ether oxygens (including phenoxy) is 1. The van der Waals surface area contributed by atoms with Crippen molar-refractivity contribution in [2.75, 3.05) is 7.11 Å². The highest BCUT2D eigenvalue weighted by molar-refractivity contribution is 5.98. The van der Waals surface area contributed by atoms with Gasteiger partial charge in [0.15, 0.2) is 0 Å². The Hall–Kier alpha value is -2.88. The molecule has 1 N–H and O–H groups in total. The zero-order valence-electron chi connectivity index (χ0n) is 13.4. The Bertz CT molecular complexity index is 758. The van der Waals surface area contributed by atoms with E-state index in [0.29, 0.717) is 5.70 Å². The smallest absolute Gasteiger partial charge is 0.333 e. The Morgan fingerprint density at radius 1 is 1.13 bits per heavy atom. The van der Waals surface area contributed by atoms with Gasteiger partial charge in [0.05, 0.1) is 18.4 Å². The van der Waals surface area contributed by atoms with Crippen molar-refractivity contribution in [3.05, 3.63) is 70.8 Å². The van der Waals surface area contributed by atoms with Crippen molar-refractivity contribution in [3.8, 4) is 5.75 Å². The third-order valence-corrected chi connectivity index (χ3v) is 3.53. The molecule has 2 aromatic rings. The molecule has 0 unspecified atom stereocenters. The third-order valence-electron chi connectivity index (χ3n) is 3.53. The molecule has 4 nitrogen and oxygen atoms in total. The molecule has 118 valence electrons. The molecular formula is C19H19NO3. The van der Waals surface area contributed by atoms with E-state index in [2.05, 4.69) is 4.99 Å². The summed E-state index contributed by atoms with van der Waals surface area (Å²) in [6, 6.07) is 15.0. The summed E-state index contributed by atoms with van der Waals surface area (Å²) >= 11 is 0. The lowest BCUT2D eigenvalue weighted by atomic mass is 10.0. The maximum Gasteiger partial charge on any atom is 0.333 e. The van der Waals surface area contributed by atoms with E-state index in [-0.39, 0.29) is 5.57 Å². The van der Waals surface area contributed by atoms with Crippen LogP contribution in [0.3, 0.4) is 0 Å². The lowest BCUT2D eigenvalue weighted by Crippen LogP contribution is -2.01. The summed E-state index contributed by atoms with van der Waals surface area (Å²) in [6.07, 6.45) is 1.66. The highest BCUT2D eigenvalue weighted by Crippen LogP contribution is 2.24. The molecule has 4 heteroatoms. The molecule has 0 aliphatic rings. The number of hydrogen-bond donors (Lipinski definition) is 1. The molecular weight excluding hydrogens is 290 g/mol. The number of nitrogens with zero attached hydrogens (tertiary/aromatic N) is 1. The van der Waals surface area contributed by atoms with E-state index >= 15 is 0 Å². The van der Waals surface area contributed by atoms with Crippen molar-refractivity contribution < 1.29 is 14.6 Å². The first-order valence-corrected chi connectivity index (χ1v) is 7.21. The molecule has 0 saturated carbocycles. The van der Waals surface area contributed by atoms with Gasteiger partial charge in [0.2, 0.25) is 0 Å². The summed E-state index contributed by atoms with van der Waals surface area (Å²) in [7, 11) is 1.61. The van der Waals surface area contributed by atoms with Crippen LogP contribution in [-0.4, -0.2) is 24.4 Å². The van der Waals surface area contributed by atoms with Crippen LogP contribution in [0.1, 0.15) is 23.6 Å². The van der Waals surface area contributed by atoms with E-state index in [9.17, 15) is 9.90 Å². The molecule has 0 heterocycles. The van der Waals surface area contributed by atoms with Gasteiger partial charge >= 0.3 is 5.97 Å². The standard InChI is InChI=1S/C19H19NO3/c1-13-6-4-5-7-17(13)18(14(2)19(21)22)20-12-15-8-10-16(23-3)11-9-15/h4-12H,1-3H3,(H,21,22). The van der Waals surface area contributed by atoms with Gasteiger partial charge in [-0.3, -0.25) is 4.99 Å². The van der Waals surface area contributed by atoms with Crippen LogP contribution in [-0.2, 0) is 4.79 Å². The number of benzene rings is 2. The van der Waals surface area contributed by atoms with Crippen molar-refractivity contribution in [2.24, 2.45) is 4.99 Å². The molecule has 0 amide bonds. The van der Waals surface area contributed by atoms with Crippen molar-refractivity contribution in [2.45, 2.75) is 13.8 Å². The Morgan fingerprint density at radius 3 is 2.35 bits per heavy atom. The second kappa shape index (κ2) is 7.40. The fraction of sp³-hybridized carbons (Fsp3) is 0.158. The Labute approximate surface area is 135 Å². The highest BCUT2D eigenvalue weighted by Gasteiger charge is 2.12. The molecule has 0 saturated heterocycles. The van der Waals surface area contributed by atoms with Crippen LogP contribution >= 0.6 is 0 Å². The Balaban J connectivity index is 2.43. The number of aliphatic carboxylic acids is 1. The van der Waals surface area contributed by atoms with Gasteiger partial charge in [-0.1, -0.05) is 24.3 Å². The van der Waals surface area contributed by atoms with Gasteiger partial charge in [-0.25, -0.2) is 4.79 Å². The first-order chi connectivity index (χ1) is 11.0. The molecule has 0 atom stereocenters. The fourth-order valence-electron chi connectivity index (χ4n) is 2.14. The summed E-state index contributed by atoms with van der Waals surface area (Å²) in [5.41, 5.74) is 3.35. The predicted octanol–water partition coefficient (Wildman–Crippen LogP) is 3.94. The fourth-order valence-corrected chi connectivity index (χ4v) is 2.14. The number of methoxy groups -OCH3 is 1. The van der Waals surface area contributed by atoms with Gasteiger partial charge in [-0.2, -0.15) is 0 Å². The van der Waals surface area contributed by atoms with Crippen LogP contribution in [0.25, 0.3) is 5.70 Å². The number of hydrogen-bond acceptors (Lipinski definition) is 3. The summed E-state index contributed by atoms with van der Waals surface area (Å²) in [6.45, 7) is 3.50. The van der Waals surface area contributed by atoms with Gasteiger partial charge in [0.1, 0.15) is 5.75 Å². The number of aryl methyl sites for hydroxylation is 1. The first kappa shape index (κ1) is 16.5. The van der Waals surface area contributed by atoms with Crippen LogP contribution in [0.4, 0.5) is 0 Å². The van der Waals surface area contributed by atoms with Crippen molar-refractivity contribution >= 4 is 17.9 Å². The topological polar surface area (TPSA) is 58.9 Å². The minimum atomic E-state index is -0.977. The van der Waals surface area contributed by atoms with Crippen molar-refractivity contribution in [1.82, 2.24) is 0 Å². The zero-order chi connectivity index (χ0) is 16.8. The minimum Gasteiger partial charge on any atom is -0.497 e. The van der Waals surface area contributed by atoms with Crippen molar-refractivity contribution in [1.29, 1.82) is 0 Å². The molecule has 0 aliphatic heterocycles. The minimum absolute atomic E-state index is 0.212. The van der Waals surface area contributed by atoms with Gasteiger partial charge < -0.3 is 9.84 Å². The number of carboxylic acids is 1. The summed E-state index contributed by atoms with van der Waals surface area (Å²) in [5.74, 6) is -0.214. The van der Waals surface area contributed by atoms with Crippen LogP contribution in [0.15, 0.2) is 59.1 Å². The molecule has 0 fully saturated rings. The highest BCUT2D eigenvalue weighted by atomic mass is 16.5. The lowest BCUT2D eigenvalue weighted by molar-refractivity contribution is -0.132.